The van der Waals surface area contributed by atoms with Crippen LogP contribution in [-0.2, 0) is 4.74 Å². The SMILES string of the molecule is Cc1ccc([N+](=O)[O-])cc1-c1ccc2c(N3CCOCC3)nncc2c1. The topological polar surface area (TPSA) is 81.4 Å². The summed E-state index contributed by atoms with van der Waals surface area (Å²) >= 11 is 0. The molecule has 1 fully saturated rings. The van der Waals surface area contributed by atoms with Gasteiger partial charge < -0.3 is 9.64 Å². The van der Waals surface area contributed by atoms with Crippen LogP contribution in [0.25, 0.3) is 21.9 Å². The van der Waals surface area contributed by atoms with Gasteiger partial charge in [-0.15, -0.1) is 5.10 Å². The molecule has 7 nitrogen and oxygen atoms in total. The van der Waals surface area contributed by atoms with E-state index in [1.165, 1.54) is 6.07 Å². The van der Waals surface area contributed by atoms with Gasteiger partial charge in [0.1, 0.15) is 0 Å². The molecular formula is C19H18N4O3. The van der Waals surface area contributed by atoms with Crippen molar-refractivity contribution < 1.29 is 9.66 Å². The van der Waals surface area contributed by atoms with Crippen LogP contribution in [0, 0.1) is 17.0 Å². The van der Waals surface area contributed by atoms with Crippen LogP contribution >= 0.6 is 0 Å². The molecular weight excluding hydrogens is 332 g/mol. The maximum absolute atomic E-state index is 11.1. The van der Waals surface area contributed by atoms with Crippen molar-refractivity contribution in [1.82, 2.24) is 10.2 Å². The Morgan fingerprint density at radius 3 is 2.73 bits per heavy atom. The van der Waals surface area contributed by atoms with Crippen LogP contribution in [0.2, 0.25) is 0 Å². The lowest BCUT2D eigenvalue weighted by molar-refractivity contribution is -0.384. The van der Waals surface area contributed by atoms with Gasteiger partial charge in [0, 0.05) is 36.0 Å². The summed E-state index contributed by atoms with van der Waals surface area (Å²) in [7, 11) is 0. The summed E-state index contributed by atoms with van der Waals surface area (Å²) < 4.78 is 5.41. The summed E-state index contributed by atoms with van der Waals surface area (Å²) in [5, 5.41) is 21.6. The van der Waals surface area contributed by atoms with E-state index in [1.54, 1.807) is 18.3 Å². The summed E-state index contributed by atoms with van der Waals surface area (Å²) in [5.41, 5.74) is 2.86. The predicted octanol–water partition coefficient (Wildman–Crippen LogP) is 3.35. The first-order valence-electron chi connectivity index (χ1n) is 8.47. The highest BCUT2D eigenvalue weighted by Gasteiger charge is 2.17. The number of morpholine rings is 1. The number of aromatic nitrogens is 2. The van der Waals surface area contributed by atoms with Crippen LogP contribution in [-0.4, -0.2) is 41.4 Å². The Morgan fingerprint density at radius 1 is 1.15 bits per heavy atom. The van der Waals surface area contributed by atoms with E-state index in [1.807, 2.05) is 25.1 Å². The highest BCUT2D eigenvalue weighted by atomic mass is 16.6. The first-order valence-corrected chi connectivity index (χ1v) is 8.47. The van der Waals surface area contributed by atoms with Crippen LogP contribution in [0.1, 0.15) is 5.56 Å². The second-order valence-electron chi connectivity index (χ2n) is 6.33. The van der Waals surface area contributed by atoms with Gasteiger partial charge in [0.2, 0.25) is 0 Å². The molecule has 1 aliphatic rings. The van der Waals surface area contributed by atoms with Crippen molar-refractivity contribution in [2.24, 2.45) is 0 Å². The summed E-state index contributed by atoms with van der Waals surface area (Å²) in [6.07, 6.45) is 1.73. The van der Waals surface area contributed by atoms with E-state index in [0.29, 0.717) is 13.2 Å². The molecule has 2 aromatic carbocycles. The van der Waals surface area contributed by atoms with Gasteiger partial charge in [0.15, 0.2) is 5.82 Å². The number of anilines is 1. The maximum atomic E-state index is 11.1. The van der Waals surface area contributed by atoms with Gasteiger partial charge in [0.05, 0.1) is 24.3 Å². The summed E-state index contributed by atoms with van der Waals surface area (Å²) in [4.78, 5) is 12.9. The molecule has 0 radical (unpaired) electrons. The Labute approximate surface area is 150 Å². The largest absolute Gasteiger partial charge is 0.378 e. The van der Waals surface area contributed by atoms with E-state index < -0.39 is 0 Å². The molecule has 26 heavy (non-hydrogen) atoms. The fourth-order valence-corrected chi connectivity index (χ4v) is 3.28. The average molecular weight is 350 g/mol. The van der Waals surface area contributed by atoms with Crippen LogP contribution in [0.4, 0.5) is 11.5 Å². The quantitative estimate of drug-likeness (QED) is 0.532. The number of non-ortho nitro benzene ring substituents is 1. The number of nitro groups is 1. The van der Waals surface area contributed by atoms with Crippen LogP contribution in [0.3, 0.4) is 0 Å². The van der Waals surface area contributed by atoms with Crippen molar-refractivity contribution in [3.8, 4) is 11.1 Å². The first-order chi connectivity index (χ1) is 12.6. The third kappa shape index (κ3) is 2.97. The Hall–Kier alpha value is -3.06. The number of aryl methyl sites for hydroxylation is 1. The normalized spacial score (nSPS) is 14.6. The lowest BCUT2D eigenvalue weighted by Gasteiger charge is -2.28. The molecule has 4 rings (SSSR count). The van der Waals surface area contributed by atoms with Crippen molar-refractivity contribution in [3.63, 3.8) is 0 Å². The van der Waals surface area contributed by atoms with Crippen LogP contribution in [0.5, 0.6) is 0 Å². The standard InChI is InChI=1S/C19H18N4O3/c1-13-2-4-16(23(24)25)11-18(13)14-3-5-17-15(10-14)12-20-21-19(17)22-6-8-26-9-7-22/h2-5,10-12H,6-9H2,1H3. The Kier molecular flexibility index (Phi) is 4.22. The highest BCUT2D eigenvalue weighted by Crippen LogP contribution is 2.32. The number of hydrogen-bond donors (Lipinski definition) is 0. The van der Waals surface area contributed by atoms with E-state index >= 15 is 0 Å². The molecule has 0 aliphatic carbocycles. The summed E-state index contributed by atoms with van der Waals surface area (Å²) in [6, 6.07) is 10.9. The minimum Gasteiger partial charge on any atom is -0.378 e. The maximum Gasteiger partial charge on any atom is 0.270 e. The van der Waals surface area contributed by atoms with Gasteiger partial charge in [0.25, 0.3) is 5.69 Å². The number of benzene rings is 2. The molecule has 2 heterocycles. The molecule has 3 aromatic rings. The molecule has 1 aliphatic heterocycles. The molecule has 0 unspecified atom stereocenters. The number of fused-ring (bicyclic) bond motifs is 1. The molecule has 132 valence electrons. The number of ether oxygens (including phenoxy) is 1. The molecule has 7 heteroatoms. The van der Waals surface area contributed by atoms with E-state index in [0.717, 1.165) is 46.4 Å². The number of nitro benzene ring substituents is 1. The van der Waals surface area contributed by atoms with Gasteiger partial charge in [-0.2, -0.15) is 5.10 Å². The van der Waals surface area contributed by atoms with Crippen molar-refractivity contribution in [2.45, 2.75) is 6.92 Å². The van der Waals surface area contributed by atoms with Crippen molar-refractivity contribution in [3.05, 3.63) is 58.3 Å². The number of rotatable bonds is 3. The van der Waals surface area contributed by atoms with Gasteiger partial charge in [-0.3, -0.25) is 10.1 Å². The van der Waals surface area contributed by atoms with E-state index in [9.17, 15) is 10.1 Å². The second kappa shape index (κ2) is 6.68. The zero-order valence-corrected chi connectivity index (χ0v) is 14.4. The van der Waals surface area contributed by atoms with Gasteiger partial charge >= 0.3 is 0 Å². The third-order valence-electron chi connectivity index (χ3n) is 4.70. The minimum atomic E-state index is -0.369. The van der Waals surface area contributed by atoms with Crippen molar-refractivity contribution in [2.75, 3.05) is 31.2 Å². The molecule has 1 saturated heterocycles. The second-order valence-corrected chi connectivity index (χ2v) is 6.33. The highest BCUT2D eigenvalue weighted by molar-refractivity contribution is 5.94. The zero-order valence-electron chi connectivity index (χ0n) is 14.4. The fraction of sp³-hybridized carbons (Fsp3) is 0.263. The molecule has 1 aromatic heterocycles. The Bertz CT molecular complexity index is 984. The Balaban J connectivity index is 1.79. The van der Waals surface area contributed by atoms with Crippen molar-refractivity contribution in [1.29, 1.82) is 0 Å². The van der Waals surface area contributed by atoms with Gasteiger partial charge in [-0.05, 0) is 35.7 Å². The summed E-state index contributed by atoms with van der Waals surface area (Å²) in [6.45, 7) is 4.90. The predicted molar refractivity (Wildman–Crippen MR) is 99.4 cm³/mol. The molecule has 0 amide bonds. The molecule has 0 bridgehead atoms. The molecule has 0 atom stereocenters. The average Bonchev–Trinajstić information content (AvgIpc) is 2.68. The van der Waals surface area contributed by atoms with Crippen molar-refractivity contribution >= 4 is 22.3 Å². The zero-order chi connectivity index (χ0) is 18.1. The summed E-state index contributed by atoms with van der Waals surface area (Å²) in [5.74, 6) is 0.855. The smallest absolute Gasteiger partial charge is 0.270 e. The van der Waals surface area contributed by atoms with E-state index in [-0.39, 0.29) is 10.6 Å². The molecule has 0 saturated carbocycles. The minimum absolute atomic E-state index is 0.0903. The third-order valence-corrected chi connectivity index (χ3v) is 4.70. The number of hydrogen-bond acceptors (Lipinski definition) is 6. The molecule has 0 spiro atoms. The monoisotopic (exact) mass is 350 g/mol. The van der Waals surface area contributed by atoms with Crippen LogP contribution in [0.15, 0.2) is 42.6 Å². The Morgan fingerprint density at radius 2 is 1.96 bits per heavy atom. The lowest BCUT2D eigenvalue weighted by Crippen LogP contribution is -2.37. The number of nitrogens with zero attached hydrogens (tertiary/aromatic N) is 4. The molecule has 0 N–H and O–H groups in total. The first kappa shape index (κ1) is 16.4. The lowest BCUT2D eigenvalue weighted by atomic mass is 9.98. The fourth-order valence-electron chi connectivity index (χ4n) is 3.28. The van der Waals surface area contributed by atoms with E-state index in [4.69, 9.17) is 4.74 Å². The van der Waals surface area contributed by atoms with Gasteiger partial charge in [-0.1, -0.05) is 12.1 Å². The van der Waals surface area contributed by atoms with E-state index in [2.05, 4.69) is 15.1 Å². The van der Waals surface area contributed by atoms with Gasteiger partial charge in [-0.25, -0.2) is 0 Å². The van der Waals surface area contributed by atoms with Crippen LogP contribution < -0.4 is 4.90 Å².